The first-order valence-corrected chi connectivity index (χ1v) is 11.2. The highest BCUT2D eigenvalue weighted by atomic mass is 16.3. The van der Waals surface area contributed by atoms with Gasteiger partial charge in [0.15, 0.2) is 5.52 Å². The maximum Gasteiger partial charge on any atom is 0.332 e. The SMILES string of the molecule is Cc1cc2nc(CCC(=O)N3C[C@H](O)[C@@H](n4cnc5c(=O)n(C)c(=O)n(C)c54)C3)[nH]c2cc1C. The average Bonchev–Trinajstić information content (AvgIpc) is 3.51. The molecule has 1 aliphatic heterocycles. The number of H-pyrrole nitrogens is 1. The molecule has 0 aliphatic carbocycles. The fourth-order valence-corrected chi connectivity index (χ4v) is 4.71. The van der Waals surface area contributed by atoms with Crippen LogP contribution in [-0.2, 0) is 25.3 Å². The van der Waals surface area contributed by atoms with Crippen LogP contribution in [0.3, 0.4) is 0 Å². The molecule has 3 aromatic heterocycles. The van der Waals surface area contributed by atoms with Gasteiger partial charge in [0.2, 0.25) is 5.91 Å². The largest absolute Gasteiger partial charge is 0.389 e. The first kappa shape index (κ1) is 22.1. The molecule has 34 heavy (non-hydrogen) atoms. The average molecular weight is 466 g/mol. The predicted octanol–water partition coefficient (Wildman–Crippen LogP) is 0.304. The third kappa shape index (κ3) is 3.43. The van der Waals surface area contributed by atoms with Crippen molar-refractivity contribution in [1.82, 2.24) is 33.6 Å². The number of likely N-dealkylation sites (tertiary alicyclic amines) is 1. The number of aliphatic hydroxyl groups excluding tert-OH is 1. The van der Waals surface area contributed by atoms with Gasteiger partial charge in [-0.15, -0.1) is 0 Å². The molecular weight excluding hydrogens is 438 g/mol. The number of fused-ring (bicyclic) bond motifs is 2. The molecule has 178 valence electrons. The molecule has 1 aromatic carbocycles. The molecule has 4 heterocycles. The molecule has 11 heteroatoms. The van der Waals surface area contributed by atoms with Crippen LogP contribution in [0.4, 0.5) is 0 Å². The van der Waals surface area contributed by atoms with E-state index in [0.29, 0.717) is 12.1 Å². The molecule has 11 nitrogen and oxygen atoms in total. The monoisotopic (exact) mass is 465 g/mol. The number of carbonyl (C=O) groups excluding carboxylic acids is 1. The summed E-state index contributed by atoms with van der Waals surface area (Å²) in [5.74, 6) is 0.652. The number of hydrogen-bond acceptors (Lipinski definition) is 6. The van der Waals surface area contributed by atoms with Crippen LogP contribution in [0.1, 0.15) is 29.4 Å². The summed E-state index contributed by atoms with van der Waals surface area (Å²) in [5, 5.41) is 10.7. The molecule has 0 bridgehead atoms. The zero-order chi connectivity index (χ0) is 24.3. The number of nitrogens with one attached hydrogen (secondary N) is 1. The molecule has 0 unspecified atom stereocenters. The van der Waals surface area contributed by atoms with E-state index < -0.39 is 23.4 Å². The van der Waals surface area contributed by atoms with Gasteiger partial charge in [-0.25, -0.2) is 14.8 Å². The lowest BCUT2D eigenvalue weighted by atomic mass is 10.1. The Hall–Kier alpha value is -3.73. The Morgan fingerprint density at radius 2 is 1.88 bits per heavy atom. The fraction of sp³-hybridized carbons (Fsp3) is 0.435. The van der Waals surface area contributed by atoms with Crippen LogP contribution in [0.2, 0.25) is 0 Å². The van der Waals surface area contributed by atoms with Crippen molar-refractivity contribution in [3.05, 3.63) is 56.2 Å². The van der Waals surface area contributed by atoms with Crippen molar-refractivity contribution in [3.63, 3.8) is 0 Å². The molecule has 0 saturated carbocycles. The minimum atomic E-state index is -0.849. The summed E-state index contributed by atoms with van der Waals surface area (Å²) in [6.45, 7) is 4.52. The Morgan fingerprint density at radius 3 is 2.65 bits per heavy atom. The molecule has 5 rings (SSSR count). The molecule has 1 aliphatic rings. The summed E-state index contributed by atoms with van der Waals surface area (Å²) < 4.78 is 3.97. The van der Waals surface area contributed by atoms with Crippen LogP contribution in [-0.4, -0.2) is 63.8 Å². The number of aliphatic hydroxyl groups is 1. The lowest BCUT2D eigenvalue weighted by molar-refractivity contribution is -0.130. The van der Waals surface area contributed by atoms with Gasteiger partial charge in [-0.1, -0.05) is 0 Å². The Bertz CT molecular complexity index is 1520. The van der Waals surface area contributed by atoms with E-state index in [1.165, 1.54) is 29.1 Å². The maximum absolute atomic E-state index is 12.9. The number of rotatable bonds is 4. The van der Waals surface area contributed by atoms with Gasteiger partial charge in [0.05, 0.1) is 29.5 Å². The summed E-state index contributed by atoms with van der Waals surface area (Å²) in [6, 6.07) is 3.58. The van der Waals surface area contributed by atoms with Crippen molar-refractivity contribution < 1.29 is 9.90 Å². The Kier molecular flexibility index (Phi) is 5.16. The van der Waals surface area contributed by atoms with E-state index in [4.69, 9.17) is 0 Å². The van der Waals surface area contributed by atoms with E-state index in [-0.39, 0.29) is 30.9 Å². The van der Waals surface area contributed by atoms with Crippen molar-refractivity contribution in [1.29, 1.82) is 0 Å². The van der Waals surface area contributed by atoms with Crippen LogP contribution in [0.15, 0.2) is 28.0 Å². The van der Waals surface area contributed by atoms with Gasteiger partial charge in [-0.3, -0.25) is 18.7 Å². The van der Waals surface area contributed by atoms with Gasteiger partial charge in [0.25, 0.3) is 5.56 Å². The zero-order valence-corrected chi connectivity index (χ0v) is 19.6. The second kappa shape index (κ2) is 7.94. The molecule has 1 fully saturated rings. The molecule has 2 N–H and O–H groups in total. The highest BCUT2D eigenvalue weighted by Crippen LogP contribution is 2.26. The lowest BCUT2D eigenvalue weighted by Crippen LogP contribution is -2.38. The summed E-state index contributed by atoms with van der Waals surface area (Å²) in [5.41, 5.74) is 3.69. The highest BCUT2D eigenvalue weighted by Gasteiger charge is 2.36. The van der Waals surface area contributed by atoms with E-state index >= 15 is 0 Å². The van der Waals surface area contributed by atoms with Gasteiger partial charge in [-0.05, 0) is 37.1 Å². The normalized spacial score (nSPS) is 18.4. The molecule has 1 amide bonds. The van der Waals surface area contributed by atoms with E-state index in [0.717, 1.165) is 21.4 Å². The molecule has 1 saturated heterocycles. The van der Waals surface area contributed by atoms with E-state index in [1.807, 2.05) is 19.9 Å². The van der Waals surface area contributed by atoms with Gasteiger partial charge < -0.3 is 19.6 Å². The number of β-amino-alcohol motifs (C(OH)–C–C–N with tert-alkyl or cyclic N) is 1. The fourth-order valence-electron chi connectivity index (χ4n) is 4.71. The lowest BCUT2D eigenvalue weighted by Gasteiger charge is -2.18. The zero-order valence-electron chi connectivity index (χ0n) is 19.6. The number of amides is 1. The molecule has 0 radical (unpaired) electrons. The van der Waals surface area contributed by atoms with Crippen LogP contribution in [0.5, 0.6) is 0 Å². The third-order valence-corrected chi connectivity index (χ3v) is 6.86. The van der Waals surface area contributed by atoms with E-state index in [2.05, 4.69) is 21.0 Å². The molecule has 4 aromatic rings. The van der Waals surface area contributed by atoms with Gasteiger partial charge in [-0.2, -0.15) is 0 Å². The number of aryl methyl sites for hydroxylation is 4. The minimum Gasteiger partial charge on any atom is -0.389 e. The van der Waals surface area contributed by atoms with Crippen LogP contribution >= 0.6 is 0 Å². The molecule has 0 spiro atoms. The second-order valence-corrected chi connectivity index (χ2v) is 9.10. The summed E-state index contributed by atoms with van der Waals surface area (Å²) >= 11 is 0. The Labute approximate surface area is 194 Å². The van der Waals surface area contributed by atoms with E-state index in [9.17, 15) is 19.5 Å². The Morgan fingerprint density at radius 1 is 1.15 bits per heavy atom. The number of aromatic amines is 1. The first-order valence-electron chi connectivity index (χ1n) is 11.2. The smallest absolute Gasteiger partial charge is 0.332 e. The topological polar surface area (TPSA) is 131 Å². The van der Waals surface area contributed by atoms with E-state index in [1.54, 1.807) is 16.5 Å². The summed E-state index contributed by atoms with van der Waals surface area (Å²) in [7, 11) is 2.96. The molecular formula is C23H27N7O4. The summed E-state index contributed by atoms with van der Waals surface area (Å²) in [4.78, 5) is 51.4. The van der Waals surface area contributed by atoms with Crippen molar-refractivity contribution in [2.24, 2.45) is 14.1 Å². The van der Waals surface area contributed by atoms with Crippen molar-refractivity contribution >= 4 is 28.1 Å². The standard InChI is InChI=1S/C23H27N7O4/c1-12-7-14-15(8-13(12)2)26-18(25-14)5-6-19(32)29-9-16(17(31)10-29)30-11-24-20-21(30)27(3)23(34)28(4)22(20)33/h7-8,11,16-17,31H,5-6,9-10H2,1-4H3,(H,25,26)/t16-,17-/m0/s1. The van der Waals surface area contributed by atoms with Crippen molar-refractivity contribution in [3.8, 4) is 0 Å². The van der Waals surface area contributed by atoms with Crippen LogP contribution in [0, 0.1) is 13.8 Å². The maximum atomic E-state index is 12.9. The number of benzene rings is 1. The molecule has 2 atom stereocenters. The van der Waals surface area contributed by atoms with Crippen molar-refractivity contribution in [2.75, 3.05) is 13.1 Å². The van der Waals surface area contributed by atoms with Gasteiger partial charge in [0, 0.05) is 40.0 Å². The minimum absolute atomic E-state index is 0.0939. The quantitative estimate of drug-likeness (QED) is 0.446. The van der Waals surface area contributed by atoms with Gasteiger partial charge >= 0.3 is 5.69 Å². The van der Waals surface area contributed by atoms with Gasteiger partial charge in [0.1, 0.15) is 11.5 Å². The number of aromatic nitrogens is 6. The predicted molar refractivity (Wildman–Crippen MR) is 126 cm³/mol. The number of imidazole rings is 2. The third-order valence-electron chi connectivity index (χ3n) is 6.86. The highest BCUT2D eigenvalue weighted by molar-refractivity contribution is 5.79. The first-order chi connectivity index (χ1) is 16.2. The number of nitrogens with zero attached hydrogens (tertiary/aromatic N) is 6. The Balaban J connectivity index is 1.33. The number of carbonyl (C=O) groups is 1. The van der Waals surface area contributed by atoms with Crippen LogP contribution in [0.25, 0.3) is 22.2 Å². The number of hydrogen-bond donors (Lipinski definition) is 2. The van der Waals surface area contributed by atoms with Crippen molar-refractivity contribution in [2.45, 2.75) is 38.8 Å². The van der Waals surface area contributed by atoms with Crippen LogP contribution < -0.4 is 11.2 Å². The second-order valence-electron chi connectivity index (χ2n) is 9.10. The summed E-state index contributed by atoms with van der Waals surface area (Å²) in [6.07, 6.45) is 1.31.